The average molecular weight is 411 g/mol. The van der Waals surface area contributed by atoms with Gasteiger partial charge in [0.05, 0.1) is 12.7 Å². The van der Waals surface area contributed by atoms with Crippen LogP contribution in [0.3, 0.4) is 0 Å². The molecule has 2 N–H and O–H groups in total. The molecule has 1 aromatic carbocycles. The number of hydrogen-bond acceptors (Lipinski definition) is 2. The van der Waals surface area contributed by atoms with Gasteiger partial charge in [0.2, 0.25) is 0 Å². The maximum atomic E-state index is 12.7. The molecule has 1 aliphatic rings. The molecular weight excluding hydrogens is 382 g/mol. The van der Waals surface area contributed by atoms with Crippen LogP contribution in [0, 0.1) is 0 Å². The zero-order valence-corrected chi connectivity index (χ0v) is 16.9. The van der Waals surface area contributed by atoms with Crippen LogP contribution in [0.2, 0.25) is 0 Å². The molecule has 1 aromatic rings. The van der Waals surface area contributed by atoms with E-state index in [4.69, 9.17) is 0 Å². The number of quaternary nitrogens is 1. The molecule has 0 heterocycles. The first-order valence-corrected chi connectivity index (χ1v) is 9.82. The average Bonchev–Trinajstić information content (AvgIpc) is 2.62. The van der Waals surface area contributed by atoms with E-state index in [1.54, 1.807) is 0 Å². The predicted octanol–water partition coefficient (Wildman–Crippen LogP) is 2.08. The van der Waals surface area contributed by atoms with Gasteiger partial charge >= 0.3 is 0 Å². The van der Waals surface area contributed by atoms with Crippen LogP contribution >= 0.6 is 15.9 Å². The van der Waals surface area contributed by atoms with Crippen LogP contribution in [-0.2, 0) is 9.59 Å². The first-order chi connectivity index (χ1) is 11.9. The highest BCUT2D eigenvalue weighted by molar-refractivity contribution is 9.10. The molecule has 1 aliphatic carbocycles. The summed E-state index contributed by atoms with van der Waals surface area (Å²) in [5, 5.41) is 2.90. The summed E-state index contributed by atoms with van der Waals surface area (Å²) in [7, 11) is 3.81. The van der Waals surface area contributed by atoms with Gasteiger partial charge < -0.3 is 15.1 Å². The van der Waals surface area contributed by atoms with Crippen molar-refractivity contribution in [2.24, 2.45) is 0 Å². The zero-order valence-electron chi connectivity index (χ0n) is 15.3. The Bertz CT molecular complexity index is 602. The number of likely N-dealkylation sites (N-methyl/N-ethyl adjacent to an activating group) is 2. The lowest BCUT2D eigenvalue weighted by atomic mass is 9.94. The Balaban J connectivity index is 1.88. The van der Waals surface area contributed by atoms with Gasteiger partial charge in [-0.05, 0) is 47.8 Å². The minimum absolute atomic E-state index is 0.0932. The number of nitrogens with one attached hydrogen (secondary N) is 2. The predicted molar refractivity (Wildman–Crippen MR) is 104 cm³/mol. The highest BCUT2D eigenvalue weighted by Gasteiger charge is 2.30. The van der Waals surface area contributed by atoms with Crippen LogP contribution in [0.25, 0.3) is 0 Å². The van der Waals surface area contributed by atoms with Crippen molar-refractivity contribution >= 4 is 33.4 Å². The topological polar surface area (TPSA) is 53.9 Å². The molecule has 0 saturated heterocycles. The number of para-hydroxylation sites is 1. The zero-order chi connectivity index (χ0) is 18.4. The smallest absolute Gasteiger partial charge is 0.280 e. The minimum atomic E-state index is -0.239. The number of carbonyl (C=O) groups is 2. The third-order valence-electron chi connectivity index (χ3n) is 5.17. The molecule has 0 aliphatic heterocycles. The highest BCUT2D eigenvalue weighted by Crippen LogP contribution is 2.22. The Morgan fingerprint density at radius 3 is 2.56 bits per heavy atom. The molecular formula is C19H29BrN3O2+. The second-order valence-corrected chi connectivity index (χ2v) is 7.87. The van der Waals surface area contributed by atoms with E-state index in [1.165, 1.54) is 19.3 Å². The highest BCUT2D eigenvalue weighted by atomic mass is 79.9. The third-order valence-corrected chi connectivity index (χ3v) is 5.86. The molecule has 2 amide bonds. The summed E-state index contributed by atoms with van der Waals surface area (Å²) in [6, 6.07) is 7.63. The van der Waals surface area contributed by atoms with Crippen molar-refractivity contribution in [3.8, 4) is 0 Å². The van der Waals surface area contributed by atoms with Gasteiger partial charge in [0.1, 0.15) is 0 Å². The van der Waals surface area contributed by atoms with Crippen molar-refractivity contribution in [3.05, 3.63) is 28.7 Å². The number of hydrogen-bond donors (Lipinski definition) is 2. The molecule has 1 unspecified atom stereocenters. The molecule has 5 nitrogen and oxygen atoms in total. The molecule has 1 saturated carbocycles. The number of nitrogens with zero attached hydrogens (tertiary/aromatic N) is 1. The monoisotopic (exact) mass is 410 g/mol. The number of halogens is 1. The van der Waals surface area contributed by atoms with E-state index in [2.05, 4.69) is 21.2 Å². The number of rotatable bonds is 6. The van der Waals surface area contributed by atoms with E-state index >= 15 is 0 Å². The molecule has 6 heteroatoms. The lowest BCUT2D eigenvalue weighted by Crippen LogP contribution is -3.15. The van der Waals surface area contributed by atoms with Gasteiger partial charge in [0, 0.05) is 17.6 Å². The fourth-order valence-corrected chi connectivity index (χ4v) is 3.71. The largest absolute Gasteiger partial charge is 0.338 e. The van der Waals surface area contributed by atoms with Crippen LogP contribution in [0.4, 0.5) is 5.69 Å². The summed E-state index contributed by atoms with van der Waals surface area (Å²) in [5.74, 6) is 0.0301. The first kappa shape index (κ1) is 19.9. The fraction of sp³-hybridized carbons (Fsp3) is 0.579. The molecule has 25 heavy (non-hydrogen) atoms. The van der Waals surface area contributed by atoms with Gasteiger partial charge in [-0.1, -0.05) is 31.4 Å². The maximum Gasteiger partial charge on any atom is 0.280 e. The van der Waals surface area contributed by atoms with Crippen molar-refractivity contribution in [1.82, 2.24) is 4.90 Å². The van der Waals surface area contributed by atoms with Crippen LogP contribution < -0.4 is 10.2 Å². The lowest BCUT2D eigenvalue weighted by Gasteiger charge is -2.33. The molecule has 138 valence electrons. The quantitative estimate of drug-likeness (QED) is 0.753. The molecule has 1 fully saturated rings. The van der Waals surface area contributed by atoms with Crippen LogP contribution in [-0.4, -0.2) is 49.4 Å². The second-order valence-electron chi connectivity index (χ2n) is 7.01. The Kier molecular flexibility index (Phi) is 7.44. The van der Waals surface area contributed by atoms with Gasteiger partial charge in [-0.25, -0.2) is 0 Å². The molecule has 2 atom stereocenters. The van der Waals surface area contributed by atoms with E-state index in [1.807, 2.05) is 50.2 Å². The number of carbonyl (C=O) groups excluding carboxylic acids is 2. The Labute approximate surface area is 158 Å². The Hall–Kier alpha value is -1.40. The van der Waals surface area contributed by atoms with E-state index < -0.39 is 0 Å². The SMILES string of the molecule is C[C@H](C(=O)N(C)C1CCCCC1)[NH+](C)CC(=O)Nc1ccccc1Br. The van der Waals surface area contributed by atoms with E-state index in [9.17, 15) is 9.59 Å². The maximum absolute atomic E-state index is 12.7. The first-order valence-electron chi connectivity index (χ1n) is 9.03. The molecule has 0 aromatic heterocycles. The van der Waals surface area contributed by atoms with E-state index in [-0.39, 0.29) is 24.4 Å². The summed E-state index contributed by atoms with van der Waals surface area (Å²) >= 11 is 3.42. The summed E-state index contributed by atoms with van der Waals surface area (Å²) in [6.45, 7) is 2.16. The lowest BCUT2D eigenvalue weighted by molar-refractivity contribution is -0.886. The van der Waals surface area contributed by atoms with Gasteiger partial charge in [-0.15, -0.1) is 0 Å². The van der Waals surface area contributed by atoms with Gasteiger partial charge in [0.25, 0.3) is 11.8 Å². The fourth-order valence-electron chi connectivity index (χ4n) is 3.33. The standard InChI is InChI=1S/C19H28BrN3O2/c1-14(19(25)23(3)15-9-5-4-6-10-15)22(2)13-18(24)21-17-12-8-7-11-16(17)20/h7-8,11-12,14-15H,4-6,9-10,13H2,1-3H3,(H,21,24)/p+1/t14-/m1/s1. The third kappa shape index (κ3) is 5.54. The van der Waals surface area contributed by atoms with Gasteiger partial charge in [-0.2, -0.15) is 0 Å². The summed E-state index contributed by atoms with van der Waals surface area (Å²) in [6.07, 6.45) is 5.86. The van der Waals surface area contributed by atoms with Crippen LogP contribution in [0.1, 0.15) is 39.0 Å². The Morgan fingerprint density at radius 1 is 1.28 bits per heavy atom. The van der Waals surface area contributed by atoms with Gasteiger partial charge in [0.15, 0.2) is 12.6 Å². The van der Waals surface area contributed by atoms with Crippen molar-refractivity contribution in [2.75, 3.05) is 26.0 Å². The van der Waals surface area contributed by atoms with Crippen LogP contribution in [0.5, 0.6) is 0 Å². The molecule has 0 bridgehead atoms. The molecule has 2 rings (SSSR count). The Morgan fingerprint density at radius 2 is 1.92 bits per heavy atom. The summed E-state index contributed by atoms with van der Waals surface area (Å²) in [5.41, 5.74) is 0.749. The number of amides is 2. The number of anilines is 1. The van der Waals surface area contributed by atoms with E-state index in [0.29, 0.717) is 6.04 Å². The number of benzene rings is 1. The summed E-state index contributed by atoms with van der Waals surface area (Å²) < 4.78 is 0.849. The summed E-state index contributed by atoms with van der Waals surface area (Å²) in [4.78, 5) is 27.8. The van der Waals surface area contributed by atoms with Gasteiger partial charge in [-0.3, -0.25) is 9.59 Å². The van der Waals surface area contributed by atoms with Crippen molar-refractivity contribution in [2.45, 2.75) is 51.1 Å². The van der Waals surface area contributed by atoms with E-state index in [0.717, 1.165) is 27.9 Å². The van der Waals surface area contributed by atoms with Crippen molar-refractivity contribution in [1.29, 1.82) is 0 Å². The van der Waals surface area contributed by atoms with Crippen molar-refractivity contribution in [3.63, 3.8) is 0 Å². The molecule has 0 radical (unpaired) electrons. The van der Waals surface area contributed by atoms with Crippen LogP contribution in [0.15, 0.2) is 28.7 Å². The second kappa shape index (κ2) is 9.34. The minimum Gasteiger partial charge on any atom is -0.338 e. The van der Waals surface area contributed by atoms with Crippen molar-refractivity contribution < 1.29 is 14.5 Å². The molecule has 0 spiro atoms. The normalized spacial score (nSPS) is 17.6.